The summed E-state index contributed by atoms with van der Waals surface area (Å²) in [6, 6.07) is 8.63. The largest absolute Gasteiger partial charge is 0.490 e. The van der Waals surface area contributed by atoms with E-state index < -0.39 is 0 Å². The van der Waals surface area contributed by atoms with Gasteiger partial charge in [-0.1, -0.05) is 26.0 Å². The second kappa shape index (κ2) is 6.92. The normalized spacial score (nSPS) is 18.1. The average molecular weight is 263 g/mol. The van der Waals surface area contributed by atoms with E-state index in [1.165, 1.54) is 18.4 Å². The first kappa shape index (κ1) is 14.4. The first-order valence-electron chi connectivity index (χ1n) is 7.31. The molecule has 1 saturated carbocycles. The smallest absolute Gasteiger partial charge is 0.120 e. The van der Waals surface area contributed by atoms with Gasteiger partial charge in [0, 0.05) is 7.11 Å². The fraction of sp³-hybridized carbons (Fsp3) is 0.625. The summed E-state index contributed by atoms with van der Waals surface area (Å²) < 4.78 is 11.5. The zero-order chi connectivity index (χ0) is 13.7. The summed E-state index contributed by atoms with van der Waals surface area (Å²) in [4.78, 5) is 0. The lowest BCUT2D eigenvalue weighted by Gasteiger charge is -2.26. The van der Waals surface area contributed by atoms with Gasteiger partial charge >= 0.3 is 0 Å². The Morgan fingerprint density at radius 3 is 2.68 bits per heavy atom. The molecule has 0 aromatic heterocycles. The number of rotatable bonds is 8. The zero-order valence-electron chi connectivity index (χ0n) is 12.2. The molecule has 0 saturated heterocycles. The first-order valence-corrected chi connectivity index (χ1v) is 7.31. The van der Waals surface area contributed by atoms with Crippen molar-refractivity contribution in [2.75, 3.05) is 13.7 Å². The number of likely N-dealkylation sites (N-methyl/N-ethyl adjacent to an activating group) is 1. The van der Waals surface area contributed by atoms with Gasteiger partial charge in [-0.15, -0.1) is 0 Å². The molecule has 0 radical (unpaired) electrons. The quantitative estimate of drug-likeness (QED) is 0.780. The summed E-state index contributed by atoms with van der Waals surface area (Å²) in [7, 11) is 1.78. The van der Waals surface area contributed by atoms with E-state index in [1.54, 1.807) is 7.11 Å². The highest BCUT2D eigenvalue weighted by Crippen LogP contribution is 2.29. The Kier molecular flexibility index (Phi) is 5.23. The molecule has 1 aliphatic carbocycles. The standard InChI is InChI=1S/C16H25NO2/c1-4-15(18-3)16(17-5-2)12-7-6-8-14(11-12)19-13-9-10-13/h6-8,11,13,15-17H,4-5,9-10H2,1-3H3. The molecule has 19 heavy (non-hydrogen) atoms. The minimum Gasteiger partial charge on any atom is -0.490 e. The van der Waals surface area contributed by atoms with E-state index in [2.05, 4.69) is 37.4 Å². The van der Waals surface area contributed by atoms with Crippen LogP contribution in [0.1, 0.15) is 44.7 Å². The molecule has 106 valence electrons. The van der Waals surface area contributed by atoms with Gasteiger partial charge in [0.15, 0.2) is 0 Å². The fourth-order valence-corrected chi connectivity index (χ4v) is 2.38. The summed E-state index contributed by atoms with van der Waals surface area (Å²) in [5.74, 6) is 0.980. The lowest BCUT2D eigenvalue weighted by molar-refractivity contribution is 0.0655. The van der Waals surface area contributed by atoms with Gasteiger partial charge in [0.2, 0.25) is 0 Å². The first-order chi connectivity index (χ1) is 9.28. The van der Waals surface area contributed by atoms with Crippen LogP contribution < -0.4 is 10.1 Å². The number of hydrogen-bond acceptors (Lipinski definition) is 3. The van der Waals surface area contributed by atoms with Gasteiger partial charge in [0.25, 0.3) is 0 Å². The van der Waals surface area contributed by atoms with Gasteiger partial charge in [-0.2, -0.15) is 0 Å². The van der Waals surface area contributed by atoms with Crippen LogP contribution in [0.5, 0.6) is 5.75 Å². The summed E-state index contributed by atoms with van der Waals surface area (Å²) in [5, 5.41) is 3.52. The van der Waals surface area contributed by atoms with Gasteiger partial charge in [0.05, 0.1) is 18.2 Å². The van der Waals surface area contributed by atoms with Crippen molar-refractivity contribution in [3.05, 3.63) is 29.8 Å². The van der Waals surface area contributed by atoms with E-state index in [4.69, 9.17) is 9.47 Å². The Hall–Kier alpha value is -1.06. The van der Waals surface area contributed by atoms with Crippen molar-refractivity contribution in [2.45, 2.75) is 51.4 Å². The molecule has 0 spiro atoms. The second-order valence-electron chi connectivity index (χ2n) is 5.11. The fourth-order valence-electron chi connectivity index (χ4n) is 2.38. The van der Waals surface area contributed by atoms with Crippen LogP contribution in [0, 0.1) is 0 Å². The molecule has 2 atom stereocenters. The average Bonchev–Trinajstić information content (AvgIpc) is 3.23. The van der Waals surface area contributed by atoms with Gasteiger partial charge in [-0.05, 0) is 43.5 Å². The maximum atomic E-state index is 5.87. The Bertz CT molecular complexity index is 386. The number of ether oxygens (including phenoxy) is 2. The van der Waals surface area contributed by atoms with Crippen LogP contribution in [-0.2, 0) is 4.74 Å². The molecule has 0 bridgehead atoms. The molecule has 1 aliphatic rings. The molecule has 1 aromatic rings. The Morgan fingerprint density at radius 1 is 1.32 bits per heavy atom. The van der Waals surface area contributed by atoms with Crippen LogP contribution in [0.4, 0.5) is 0 Å². The maximum Gasteiger partial charge on any atom is 0.120 e. The highest BCUT2D eigenvalue weighted by Gasteiger charge is 2.25. The third-order valence-corrected chi connectivity index (χ3v) is 3.55. The Morgan fingerprint density at radius 2 is 2.11 bits per heavy atom. The number of benzene rings is 1. The second-order valence-corrected chi connectivity index (χ2v) is 5.11. The Labute approximate surface area is 116 Å². The molecule has 0 heterocycles. The van der Waals surface area contributed by atoms with Crippen molar-refractivity contribution in [1.29, 1.82) is 0 Å². The van der Waals surface area contributed by atoms with E-state index in [0.717, 1.165) is 18.7 Å². The molecule has 2 rings (SSSR count). The predicted octanol–water partition coefficient (Wildman–Crippen LogP) is 3.30. The van der Waals surface area contributed by atoms with Crippen molar-refractivity contribution in [3.63, 3.8) is 0 Å². The number of hydrogen-bond donors (Lipinski definition) is 1. The van der Waals surface area contributed by atoms with Crippen molar-refractivity contribution < 1.29 is 9.47 Å². The summed E-state index contributed by atoms with van der Waals surface area (Å²) >= 11 is 0. The monoisotopic (exact) mass is 263 g/mol. The molecule has 0 amide bonds. The SMILES string of the molecule is CCNC(c1cccc(OC2CC2)c1)C(CC)OC. The van der Waals surface area contributed by atoms with E-state index in [0.29, 0.717) is 6.10 Å². The van der Waals surface area contributed by atoms with Gasteiger partial charge in [0.1, 0.15) is 5.75 Å². The molecule has 3 nitrogen and oxygen atoms in total. The third-order valence-electron chi connectivity index (χ3n) is 3.55. The van der Waals surface area contributed by atoms with Crippen LogP contribution in [-0.4, -0.2) is 25.9 Å². The van der Waals surface area contributed by atoms with Crippen molar-refractivity contribution in [3.8, 4) is 5.75 Å². The minimum atomic E-state index is 0.191. The topological polar surface area (TPSA) is 30.5 Å². The lowest BCUT2D eigenvalue weighted by atomic mass is 9.99. The molecule has 3 heteroatoms. The van der Waals surface area contributed by atoms with Crippen LogP contribution in [0.25, 0.3) is 0 Å². The van der Waals surface area contributed by atoms with Gasteiger partial charge in [-0.25, -0.2) is 0 Å². The summed E-state index contributed by atoms with van der Waals surface area (Å²) in [6.07, 6.45) is 4.00. The minimum absolute atomic E-state index is 0.191. The zero-order valence-corrected chi connectivity index (χ0v) is 12.2. The van der Waals surface area contributed by atoms with Crippen LogP contribution in [0.2, 0.25) is 0 Å². The van der Waals surface area contributed by atoms with Crippen molar-refractivity contribution in [2.24, 2.45) is 0 Å². The highest BCUT2D eigenvalue weighted by atomic mass is 16.5. The maximum absolute atomic E-state index is 5.87. The molecule has 1 aromatic carbocycles. The molecule has 1 N–H and O–H groups in total. The summed E-state index contributed by atoms with van der Waals surface area (Å²) in [6.45, 7) is 5.21. The van der Waals surface area contributed by atoms with Gasteiger partial charge in [-0.3, -0.25) is 0 Å². The summed E-state index contributed by atoms with van der Waals surface area (Å²) in [5.41, 5.74) is 1.24. The van der Waals surface area contributed by atoms with Gasteiger partial charge < -0.3 is 14.8 Å². The molecule has 2 unspecified atom stereocenters. The van der Waals surface area contributed by atoms with E-state index in [1.807, 2.05) is 6.07 Å². The van der Waals surface area contributed by atoms with Crippen LogP contribution >= 0.6 is 0 Å². The molecule has 1 fully saturated rings. The third kappa shape index (κ3) is 3.95. The molecular weight excluding hydrogens is 238 g/mol. The van der Waals surface area contributed by atoms with Crippen LogP contribution in [0.3, 0.4) is 0 Å². The lowest BCUT2D eigenvalue weighted by Crippen LogP contribution is -2.32. The highest BCUT2D eigenvalue weighted by molar-refractivity contribution is 5.31. The number of nitrogens with one attached hydrogen (secondary N) is 1. The predicted molar refractivity (Wildman–Crippen MR) is 77.6 cm³/mol. The van der Waals surface area contributed by atoms with Crippen molar-refractivity contribution >= 4 is 0 Å². The molecular formula is C16H25NO2. The van der Waals surface area contributed by atoms with E-state index in [9.17, 15) is 0 Å². The van der Waals surface area contributed by atoms with Crippen LogP contribution in [0.15, 0.2) is 24.3 Å². The van der Waals surface area contributed by atoms with Crippen molar-refractivity contribution in [1.82, 2.24) is 5.32 Å². The Balaban J connectivity index is 2.14. The van der Waals surface area contributed by atoms with E-state index >= 15 is 0 Å². The molecule has 0 aliphatic heterocycles. The van der Waals surface area contributed by atoms with E-state index in [-0.39, 0.29) is 12.1 Å². The number of methoxy groups -OCH3 is 1.